The molecule has 0 unspecified atom stereocenters. The fourth-order valence-electron chi connectivity index (χ4n) is 1.52. The number of carbonyl (C=O) groups excluding carboxylic acids is 1. The summed E-state index contributed by atoms with van der Waals surface area (Å²) in [5.74, 6) is 0.292. The lowest BCUT2D eigenvalue weighted by atomic mass is 10.3. The Labute approximate surface area is 116 Å². The van der Waals surface area contributed by atoms with Crippen LogP contribution in [0.1, 0.15) is 0 Å². The maximum atomic E-state index is 11.7. The molecule has 4 nitrogen and oxygen atoms in total. The lowest BCUT2D eigenvalue weighted by molar-refractivity contribution is -0.118. The van der Waals surface area contributed by atoms with Crippen molar-refractivity contribution in [3.63, 3.8) is 0 Å². The van der Waals surface area contributed by atoms with Crippen LogP contribution >= 0.6 is 11.6 Å². The van der Waals surface area contributed by atoms with E-state index >= 15 is 0 Å². The Balaban J connectivity index is 1.88. The second-order valence-electron chi connectivity index (χ2n) is 3.92. The van der Waals surface area contributed by atoms with Gasteiger partial charge in [-0.1, -0.05) is 23.7 Å². The van der Waals surface area contributed by atoms with Crippen molar-refractivity contribution in [3.05, 3.63) is 53.6 Å². The molecule has 3 N–H and O–H groups in total. The molecule has 0 aliphatic rings. The van der Waals surface area contributed by atoms with Gasteiger partial charge >= 0.3 is 0 Å². The fourth-order valence-corrected chi connectivity index (χ4v) is 1.70. The Hall–Kier alpha value is -2.20. The van der Waals surface area contributed by atoms with Crippen LogP contribution in [0.5, 0.6) is 5.75 Å². The quantitative estimate of drug-likeness (QED) is 0.844. The summed E-state index contributed by atoms with van der Waals surface area (Å²) in [4.78, 5) is 11.7. The number of nitrogens with one attached hydrogen (secondary N) is 1. The van der Waals surface area contributed by atoms with Gasteiger partial charge in [0.1, 0.15) is 5.75 Å². The summed E-state index contributed by atoms with van der Waals surface area (Å²) in [7, 11) is 0. The Morgan fingerprint density at radius 2 is 2.00 bits per heavy atom. The van der Waals surface area contributed by atoms with Gasteiger partial charge in [0.15, 0.2) is 6.61 Å². The highest BCUT2D eigenvalue weighted by Gasteiger charge is 2.04. The third-order valence-corrected chi connectivity index (χ3v) is 2.57. The van der Waals surface area contributed by atoms with Crippen molar-refractivity contribution < 1.29 is 9.53 Å². The van der Waals surface area contributed by atoms with Crippen LogP contribution in [0.3, 0.4) is 0 Å². The number of nitrogen functional groups attached to an aromatic ring is 1. The molecule has 0 radical (unpaired) electrons. The highest BCUT2D eigenvalue weighted by atomic mass is 35.5. The van der Waals surface area contributed by atoms with E-state index in [9.17, 15) is 4.79 Å². The molecule has 19 heavy (non-hydrogen) atoms. The van der Waals surface area contributed by atoms with E-state index in [0.717, 1.165) is 0 Å². The molecular weight excluding hydrogens is 264 g/mol. The smallest absolute Gasteiger partial charge is 0.262 e. The molecule has 98 valence electrons. The summed E-state index contributed by atoms with van der Waals surface area (Å²) in [5, 5.41) is 3.25. The van der Waals surface area contributed by atoms with Gasteiger partial charge in [-0.05, 0) is 36.4 Å². The second-order valence-corrected chi connectivity index (χ2v) is 4.36. The number of halogens is 1. The number of nitrogens with two attached hydrogens (primary N) is 1. The van der Waals surface area contributed by atoms with Crippen LogP contribution in [0.2, 0.25) is 5.02 Å². The normalized spacial score (nSPS) is 9.95. The van der Waals surface area contributed by atoms with E-state index in [1.165, 1.54) is 0 Å². The topological polar surface area (TPSA) is 64.3 Å². The summed E-state index contributed by atoms with van der Waals surface area (Å²) in [6.45, 7) is -0.0882. The van der Waals surface area contributed by atoms with E-state index in [1.54, 1.807) is 48.5 Å². The summed E-state index contributed by atoms with van der Waals surface area (Å²) < 4.78 is 5.32. The average molecular weight is 277 g/mol. The van der Waals surface area contributed by atoms with Gasteiger partial charge in [0.2, 0.25) is 0 Å². The van der Waals surface area contributed by atoms with Crippen molar-refractivity contribution in [2.24, 2.45) is 0 Å². The minimum Gasteiger partial charge on any atom is -0.484 e. The van der Waals surface area contributed by atoms with Gasteiger partial charge in [-0.3, -0.25) is 4.79 Å². The van der Waals surface area contributed by atoms with Crippen LogP contribution in [0.15, 0.2) is 48.5 Å². The van der Waals surface area contributed by atoms with E-state index in [4.69, 9.17) is 22.1 Å². The fraction of sp³-hybridized carbons (Fsp3) is 0.0714. The molecule has 1 amide bonds. The second kappa shape index (κ2) is 6.11. The molecule has 0 aromatic heterocycles. The highest BCUT2D eigenvalue weighted by molar-refractivity contribution is 6.30. The van der Waals surface area contributed by atoms with Crippen molar-refractivity contribution in [1.82, 2.24) is 0 Å². The number of benzene rings is 2. The zero-order chi connectivity index (χ0) is 13.7. The molecule has 2 aromatic rings. The average Bonchev–Trinajstić information content (AvgIpc) is 2.36. The lowest BCUT2D eigenvalue weighted by Gasteiger charge is -2.08. The van der Waals surface area contributed by atoms with Crippen molar-refractivity contribution in [1.29, 1.82) is 0 Å². The van der Waals surface area contributed by atoms with Crippen molar-refractivity contribution in [2.75, 3.05) is 17.7 Å². The van der Waals surface area contributed by atoms with E-state index in [1.807, 2.05) is 0 Å². The number of hydrogen-bond donors (Lipinski definition) is 2. The van der Waals surface area contributed by atoms with Crippen molar-refractivity contribution >= 4 is 28.9 Å². The summed E-state index contributed by atoms with van der Waals surface area (Å²) >= 11 is 5.81. The minimum absolute atomic E-state index is 0.0882. The molecule has 5 heteroatoms. The first-order valence-corrected chi connectivity index (χ1v) is 6.05. The largest absolute Gasteiger partial charge is 0.484 e. The van der Waals surface area contributed by atoms with Crippen molar-refractivity contribution in [2.45, 2.75) is 0 Å². The van der Waals surface area contributed by atoms with Gasteiger partial charge in [-0.25, -0.2) is 0 Å². The number of anilines is 2. The van der Waals surface area contributed by atoms with E-state index in [-0.39, 0.29) is 12.5 Å². The van der Waals surface area contributed by atoms with Crippen LogP contribution in [-0.2, 0) is 4.79 Å². The summed E-state index contributed by atoms with van der Waals surface area (Å²) in [5.41, 5.74) is 6.85. The van der Waals surface area contributed by atoms with E-state index < -0.39 is 0 Å². The van der Waals surface area contributed by atoms with Crippen LogP contribution < -0.4 is 15.8 Å². The number of carbonyl (C=O) groups is 1. The molecular formula is C14H13ClN2O2. The Bertz CT molecular complexity index is 587. The van der Waals surface area contributed by atoms with Crippen LogP contribution in [0, 0.1) is 0 Å². The van der Waals surface area contributed by atoms with Crippen LogP contribution in [0.4, 0.5) is 11.4 Å². The van der Waals surface area contributed by atoms with Crippen LogP contribution in [0.25, 0.3) is 0 Å². The summed E-state index contributed by atoms with van der Waals surface area (Å²) in [6.07, 6.45) is 0. The molecule has 0 bridgehead atoms. The number of ether oxygens (including phenoxy) is 1. The highest BCUT2D eigenvalue weighted by Crippen LogP contribution is 2.17. The van der Waals surface area contributed by atoms with Gasteiger partial charge in [0, 0.05) is 16.4 Å². The molecule has 0 aliphatic heterocycles. The number of hydrogen-bond acceptors (Lipinski definition) is 3. The Morgan fingerprint density at radius 3 is 2.74 bits per heavy atom. The SMILES string of the molecule is Nc1cccc(NC(=O)COc2cccc(Cl)c2)c1. The van der Waals surface area contributed by atoms with Gasteiger partial charge < -0.3 is 15.8 Å². The summed E-state index contributed by atoms with van der Waals surface area (Å²) in [6, 6.07) is 13.8. The van der Waals surface area contributed by atoms with Crippen LogP contribution in [-0.4, -0.2) is 12.5 Å². The Kier molecular flexibility index (Phi) is 4.26. The van der Waals surface area contributed by atoms with Gasteiger partial charge in [-0.15, -0.1) is 0 Å². The van der Waals surface area contributed by atoms with Crippen molar-refractivity contribution in [3.8, 4) is 5.75 Å². The third-order valence-electron chi connectivity index (χ3n) is 2.34. The minimum atomic E-state index is -0.259. The first kappa shape index (κ1) is 13.2. The maximum absolute atomic E-state index is 11.7. The lowest BCUT2D eigenvalue weighted by Crippen LogP contribution is -2.20. The molecule has 0 saturated heterocycles. The van der Waals surface area contributed by atoms with Gasteiger partial charge in [-0.2, -0.15) is 0 Å². The zero-order valence-electron chi connectivity index (χ0n) is 10.1. The third kappa shape index (κ3) is 4.19. The molecule has 0 fully saturated rings. The number of rotatable bonds is 4. The zero-order valence-corrected chi connectivity index (χ0v) is 10.9. The number of amides is 1. The van der Waals surface area contributed by atoms with E-state index in [2.05, 4.69) is 5.32 Å². The molecule has 0 atom stereocenters. The molecule has 0 heterocycles. The molecule has 0 spiro atoms. The molecule has 2 rings (SSSR count). The first-order chi connectivity index (χ1) is 9.13. The van der Waals surface area contributed by atoms with E-state index in [0.29, 0.717) is 22.1 Å². The van der Waals surface area contributed by atoms with Gasteiger partial charge in [0.05, 0.1) is 0 Å². The monoisotopic (exact) mass is 276 g/mol. The Morgan fingerprint density at radius 1 is 1.21 bits per heavy atom. The first-order valence-electron chi connectivity index (χ1n) is 5.67. The predicted octanol–water partition coefficient (Wildman–Crippen LogP) is 2.94. The maximum Gasteiger partial charge on any atom is 0.262 e. The predicted molar refractivity (Wildman–Crippen MR) is 76.4 cm³/mol. The molecule has 0 saturated carbocycles. The molecule has 2 aromatic carbocycles. The van der Waals surface area contributed by atoms with Gasteiger partial charge in [0.25, 0.3) is 5.91 Å². The molecule has 0 aliphatic carbocycles. The standard InChI is InChI=1S/C14H13ClN2O2/c15-10-3-1-6-13(7-10)19-9-14(18)17-12-5-2-4-11(16)8-12/h1-8H,9,16H2,(H,17,18).